The minimum Gasteiger partial charge on any atom is -0.300 e. The van der Waals surface area contributed by atoms with Crippen LogP contribution in [0.4, 0.5) is 5.69 Å². The van der Waals surface area contributed by atoms with Crippen molar-refractivity contribution in [3.63, 3.8) is 0 Å². The quantitative estimate of drug-likeness (QED) is 0.504. The van der Waals surface area contributed by atoms with E-state index < -0.39 is 0 Å². The van der Waals surface area contributed by atoms with Gasteiger partial charge < -0.3 is 5.32 Å². The van der Waals surface area contributed by atoms with Gasteiger partial charge in [0.05, 0.1) is 10.6 Å². The van der Waals surface area contributed by atoms with E-state index in [4.69, 9.17) is 11.6 Å². The highest BCUT2D eigenvalue weighted by Gasteiger charge is 2.24. The second-order valence-corrected chi connectivity index (χ2v) is 7.68. The number of nitrogens with one attached hydrogen (secondary N) is 1. The van der Waals surface area contributed by atoms with Crippen LogP contribution < -0.4 is 5.32 Å². The molecule has 0 aliphatic carbocycles. The summed E-state index contributed by atoms with van der Waals surface area (Å²) in [6, 6.07) is 13.5. The average Bonchev–Trinajstić information content (AvgIpc) is 2.83. The molecule has 1 heterocycles. The van der Waals surface area contributed by atoms with E-state index in [-0.39, 0.29) is 5.91 Å². The highest BCUT2D eigenvalue weighted by atomic mass is 127. The molecule has 1 aliphatic rings. The number of amidine groups is 1. The van der Waals surface area contributed by atoms with Crippen LogP contribution in [-0.2, 0) is 4.79 Å². The Kier molecular flexibility index (Phi) is 5.08. The van der Waals surface area contributed by atoms with Gasteiger partial charge in [-0.25, -0.2) is 4.99 Å². The van der Waals surface area contributed by atoms with E-state index in [2.05, 4.69) is 32.9 Å². The molecule has 1 fully saturated rings. The Labute approximate surface area is 157 Å². The van der Waals surface area contributed by atoms with Crippen molar-refractivity contribution in [2.75, 3.05) is 0 Å². The summed E-state index contributed by atoms with van der Waals surface area (Å²) >= 11 is 9.59. The Balaban J connectivity index is 1.87. The van der Waals surface area contributed by atoms with Crippen LogP contribution >= 0.6 is 46.0 Å². The normalized spacial score (nSPS) is 17.8. The molecule has 2 aromatic rings. The molecule has 0 aromatic heterocycles. The van der Waals surface area contributed by atoms with Crippen molar-refractivity contribution in [3.05, 3.63) is 67.1 Å². The van der Waals surface area contributed by atoms with Crippen molar-refractivity contribution in [1.29, 1.82) is 0 Å². The van der Waals surface area contributed by atoms with Crippen LogP contribution in [-0.4, -0.2) is 11.1 Å². The molecule has 0 atom stereocenters. The third-order valence-electron chi connectivity index (χ3n) is 3.19. The molecule has 1 saturated heterocycles. The van der Waals surface area contributed by atoms with Gasteiger partial charge in [-0.05, 0) is 82.7 Å². The SMILES string of the molecule is Cc1ccc(Cl)cc1N=C1NC(=O)/C(=C/c2cccc(I)c2)S1. The molecular formula is C17H12ClIN2OS. The zero-order chi connectivity index (χ0) is 16.4. The van der Waals surface area contributed by atoms with Crippen LogP contribution in [0.2, 0.25) is 5.02 Å². The monoisotopic (exact) mass is 454 g/mol. The maximum atomic E-state index is 12.1. The van der Waals surface area contributed by atoms with E-state index >= 15 is 0 Å². The Morgan fingerprint density at radius 3 is 2.87 bits per heavy atom. The molecule has 1 amide bonds. The second-order valence-electron chi connectivity index (χ2n) is 4.97. The first kappa shape index (κ1) is 16.5. The minimum atomic E-state index is -0.132. The van der Waals surface area contributed by atoms with Crippen LogP contribution in [0.1, 0.15) is 11.1 Å². The average molecular weight is 455 g/mol. The Morgan fingerprint density at radius 2 is 2.09 bits per heavy atom. The summed E-state index contributed by atoms with van der Waals surface area (Å²) in [6.07, 6.45) is 1.87. The van der Waals surface area contributed by atoms with Gasteiger partial charge in [-0.1, -0.05) is 29.8 Å². The van der Waals surface area contributed by atoms with E-state index in [9.17, 15) is 4.79 Å². The first-order valence-electron chi connectivity index (χ1n) is 6.82. The summed E-state index contributed by atoms with van der Waals surface area (Å²) in [5.41, 5.74) is 2.76. The molecule has 0 unspecified atom stereocenters. The molecule has 0 bridgehead atoms. The fourth-order valence-corrected chi connectivity index (χ4v) is 3.61. The van der Waals surface area contributed by atoms with Gasteiger partial charge in [0.2, 0.25) is 0 Å². The van der Waals surface area contributed by atoms with Gasteiger partial charge in [-0.3, -0.25) is 4.79 Å². The largest absolute Gasteiger partial charge is 0.300 e. The molecule has 6 heteroatoms. The number of nitrogens with zero attached hydrogens (tertiary/aromatic N) is 1. The fourth-order valence-electron chi connectivity index (χ4n) is 2.04. The van der Waals surface area contributed by atoms with Gasteiger partial charge in [-0.2, -0.15) is 0 Å². The first-order valence-corrected chi connectivity index (χ1v) is 9.10. The Morgan fingerprint density at radius 1 is 1.26 bits per heavy atom. The number of halogens is 2. The van der Waals surface area contributed by atoms with Crippen LogP contribution in [0, 0.1) is 10.5 Å². The molecule has 3 nitrogen and oxygen atoms in total. The summed E-state index contributed by atoms with van der Waals surface area (Å²) in [5, 5.41) is 3.99. The van der Waals surface area contributed by atoms with Gasteiger partial charge in [-0.15, -0.1) is 0 Å². The number of hydrogen-bond donors (Lipinski definition) is 1. The summed E-state index contributed by atoms with van der Waals surface area (Å²) in [5.74, 6) is -0.132. The molecule has 0 radical (unpaired) electrons. The van der Waals surface area contributed by atoms with Gasteiger partial charge in [0.15, 0.2) is 5.17 Å². The van der Waals surface area contributed by atoms with E-state index in [1.807, 2.05) is 49.4 Å². The maximum absolute atomic E-state index is 12.1. The van der Waals surface area contributed by atoms with Crippen molar-refractivity contribution in [3.8, 4) is 0 Å². The molecule has 1 N–H and O–H groups in total. The predicted molar refractivity (Wildman–Crippen MR) is 106 cm³/mol. The molecular weight excluding hydrogens is 443 g/mol. The molecule has 3 rings (SSSR count). The van der Waals surface area contributed by atoms with Crippen molar-refractivity contribution in [1.82, 2.24) is 5.32 Å². The number of amides is 1. The third-order valence-corrected chi connectivity index (χ3v) is 5.01. The van der Waals surface area contributed by atoms with Crippen LogP contribution in [0.3, 0.4) is 0 Å². The predicted octanol–water partition coefficient (Wildman–Crippen LogP) is 5.14. The lowest BCUT2D eigenvalue weighted by Crippen LogP contribution is -2.19. The van der Waals surface area contributed by atoms with E-state index in [1.165, 1.54) is 11.8 Å². The van der Waals surface area contributed by atoms with E-state index in [1.54, 1.807) is 6.07 Å². The molecule has 2 aromatic carbocycles. The van der Waals surface area contributed by atoms with Crippen LogP contribution in [0.15, 0.2) is 52.4 Å². The zero-order valence-corrected chi connectivity index (χ0v) is 15.9. The number of aryl methyl sites for hydroxylation is 1. The van der Waals surface area contributed by atoms with E-state index in [0.717, 1.165) is 20.4 Å². The number of thioether (sulfide) groups is 1. The van der Waals surface area contributed by atoms with Gasteiger partial charge in [0.1, 0.15) is 0 Å². The van der Waals surface area contributed by atoms with Crippen LogP contribution in [0.25, 0.3) is 6.08 Å². The highest BCUT2D eigenvalue weighted by Crippen LogP contribution is 2.30. The molecule has 116 valence electrons. The lowest BCUT2D eigenvalue weighted by atomic mass is 10.2. The van der Waals surface area contributed by atoms with Crippen molar-refractivity contribution < 1.29 is 4.79 Å². The van der Waals surface area contributed by atoms with Crippen molar-refractivity contribution in [2.45, 2.75) is 6.92 Å². The summed E-state index contributed by atoms with van der Waals surface area (Å²) < 4.78 is 1.13. The number of hydrogen-bond acceptors (Lipinski definition) is 3. The third kappa shape index (κ3) is 4.16. The lowest BCUT2D eigenvalue weighted by Gasteiger charge is -2.01. The Hall–Kier alpha value is -1.31. The number of carbonyl (C=O) groups is 1. The molecule has 0 saturated carbocycles. The lowest BCUT2D eigenvalue weighted by molar-refractivity contribution is -0.115. The number of carbonyl (C=O) groups excluding carboxylic acids is 1. The van der Waals surface area contributed by atoms with Gasteiger partial charge in [0.25, 0.3) is 5.91 Å². The highest BCUT2D eigenvalue weighted by molar-refractivity contribution is 14.1. The Bertz CT molecular complexity index is 848. The first-order chi connectivity index (χ1) is 11.0. The fraction of sp³-hybridized carbons (Fsp3) is 0.0588. The van der Waals surface area contributed by atoms with Gasteiger partial charge in [0, 0.05) is 8.59 Å². The van der Waals surface area contributed by atoms with E-state index in [0.29, 0.717) is 15.1 Å². The summed E-state index contributed by atoms with van der Waals surface area (Å²) in [4.78, 5) is 17.2. The van der Waals surface area contributed by atoms with Gasteiger partial charge >= 0.3 is 0 Å². The number of aliphatic imine (C=N–C) groups is 1. The smallest absolute Gasteiger partial charge is 0.264 e. The summed E-state index contributed by atoms with van der Waals surface area (Å²) in [6.45, 7) is 1.96. The topological polar surface area (TPSA) is 41.5 Å². The van der Waals surface area contributed by atoms with Crippen LogP contribution in [0.5, 0.6) is 0 Å². The zero-order valence-electron chi connectivity index (χ0n) is 12.1. The molecule has 1 aliphatic heterocycles. The van der Waals surface area contributed by atoms with Crippen molar-refractivity contribution in [2.24, 2.45) is 4.99 Å². The minimum absolute atomic E-state index is 0.132. The molecule has 0 spiro atoms. The molecule has 23 heavy (non-hydrogen) atoms. The summed E-state index contributed by atoms with van der Waals surface area (Å²) in [7, 11) is 0. The maximum Gasteiger partial charge on any atom is 0.264 e. The second kappa shape index (κ2) is 7.07. The standard InChI is InChI=1S/C17H12ClIN2OS/c1-10-5-6-12(18)9-14(10)20-17-21-16(22)15(23-17)8-11-3-2-4-13(19)7-11/h2-9H,1H3,(H,20,21,22)/b15-8-. The number of benzene rings is 2. The van der Waals surface area contributed by atoms with Crippen molar-refractivity contribution >= 4 is 68.8 Å². The number of rotatable bonds is 2.